The number of nitrogens with one attached hydrogen (secondary N) is 2. The molecule has 1 unspecified atom stereocenters. The van der Waals surface area contributed by atoms with Gasteiger partial charge in [0.05, 0.1) is 15.6 Å². The maximum absolute atomic E-state index is 13.2. The number of amides is 1. The summed E-state index contributed by atoms with van der Waals surface area (Å²) in [6.07, 6.45) is 5.19. The van der Waals surface area contributed by atoms with Gasteiger partial charge in [0.2, 0.25) is 0 Å². The van der Waals surface area contributed by atoms with E-state index in [1.54, 1.807) is 24.5 Å². The molecule has 2 heterocycles. The van der Waals surface area contributed by atoms with Crippen molar-refractivity contribution in [1.29, 1.82) is 0 Å². The Kier molecular flexibility index (Phi) is 7.43. The van der Waals surface area contributed by atoms with E-state index in [9.17, 15) is 4.79 Å². The van der Waals surface area contributed by atoms with Crippen LogP contribution in [0.25, 0.3) is 0 Å². The van der Waals surface area contributed by atoms with Crippen LogP contribution in [0.3, 0.4) is 0 Å². The minimum Gasteiger partial charge on any atom is -0.352 e. The number of aromatic nitrogens is 1. The molecule has 33 heavy (non-hydrogen) atoms. The second-order valence-corrected chi connectivity index (χ2v) is 8.62. The molecule has 0 aliphatic carbocycles. The number of allylic oxidation sites excluding steroid dienone is 1. The number of hydrogen-bond donors (Lipinski definition) is 2. The van der Waals surface area contributed by atoms with E-state index in [0.29, 0.717) is 28.0 Å². The van der Waals surface area contributed by atoms with Crippen molar-refractivity contribution in [3.05, 3.63) is 111 Å². The fourth-order valence-corrected chi connectivity index (χ4v) is 4.08. The standard InChI is InChI=1S/C26H24Cl2N4O/c1-17-23(26(33)30-14-5-9-18-7-3-2-4-8-18)24(19-11-12-21(27)22(28)15-19)32-25(31-17)20-10-6-13-29-16-20/h2-4,6-8,10-13,15-16,24H,5,9,14H2,1H3,(H,30,33)(H,31,32). The molecule has 1 aliphatic heterocycles. The summed E-state index contributed by atoms with van der Waals surface area (Å²) >= 11 is 12.4. The highest BCUT2D eigenvalue weighted by molar-refractivity contribution is 6.42. The van der Waals surface area contributed by atoms with Crippen LogP contribution in [0, 0.1) is 0 Å². The summed E-state index contributed by atoms with van der Waals surface area (Å²) in [5.74, 6) is 0.496. The molecule has 1 aromatic heterocycles. The first-order valence-electron chi connectivity index (χ1n) is 10.8. The molecular weight excluding hydrogens is 455 g/mol. The molecule has 5 nitrogen and oxygen atoms in total. The fraction of sp³-hybridized carbons (Fsp3) is 0.192. The van der Waals surface area contributed by atoms with Crippen molar-refractivity contribution in [3.8, 4) is 0 Å². The third-order valence-corrected chi connectivity index (χ3v) is 6.19. The zero-order chi connectivity index (χ0) is 23.2. The lowest BCUT2D eigenvalue weighted by Gasteiger charge is -2.27. The largest absolute Gasteiger partial charge is 0.352 e. The first kappa shape index (κ1) is 23.0. The average molecular weight is 479 g/mol. The van der Waals surface area contributed by atoms with Crippen molar-refractivity contribution >= 4 is 34.9 Å². The van der Waals surface area contributed by atoms with Crippen LogP contribution in [0.15, 0.2) is 89.3 Å². The Hall–Kier alpha value is -3.15. The molecular formula is C26H24Cl2N4O. The van der Waals surface area contributed by atoms with E-state index in [0.717, 1.165) is 29.7 Å². The molecule has 0 radical (unpaired) electrons. The smallest absolute Gasteiger partial charge is 0.251 e. The molecule has 7 heteroatoms. The van der Waals surface area contributed by atoms with Crippen LogP contribution in [-0.2, 0) is 11.2 Å². The summed E-state index contributed by atoms with van der Waals surface area (Å²) in [6.45, 7) is 2.45. The van der Waals surface area contributed by atoms with Gasteiger partial charge in [0, 0.05) is 30.2 Å². The highest BCUT2D eigenvalue weighted by Gasteiger charge is 2.30. The Morgan fingerprint density at radius 1 is 1.06 bits per heavy atom. The maximum Gasteiger partial charge on any atom is 0.251 e. The first-order valence-corrected chi connectivity index (χ1v) is 11.5. The molecule has 0 spiro atoms. The third-order valence-electron chi connectivity index (χ3n) is 5.45. The lowest BCUT2D eigenvalue weighted by Crippen LogP contribution is -2.36. The molecule has 1 aliphatic rings. The van der Waals surface area contributed by atoms with Gasteiger partial charge in [0.25, 0.3) is 5.91 Å². The molecule has 0 bridgehead atoms. The van der Waals surface area contributed by atoms with Crippen LogP contribution in [0.4, 0.5) is 0 Å². The molecule has 3 aromatic rings. The molecule has 0 saturated heterocycles. The van der Waals surface area contributed by atoms with Crippen LogP contribution in [-0.4, -0.2) is 23.3 Å². The normalized spacial score (nSPS) is 15.6. The summed E-state index contributed by atoms with van der Waals surface area (Å²) in [6, 6.07) is 18.8. The highest BCUT2D eigenvalue weighted by atomic mass is 35.5. The van der Waals surface area contributed by atoms with Gasteiger partial charge in [0.1, 0.15) is 11.9 Å². The minimum atomic E-state index is -0.523. The van der Waals surface area contributed by atoms with Gasteiger partial charge in [-0.05, 0) is 55.2 Å². The van der Waals surface area contributed by atoms with Gasteiger partial charge in [-0.2, -0.15) is 0 Å². The Labute approximate surface area is 203 Å². The summed E-state index contributed by atoms with van der Waals surface area (Å²) in [4.78, 5) is 22.3. The zero-order valence-electron chi connectivity index (χ0n) is 18.2. The number of pyridine rings is 1. The second kappa shape index (κ2) is 10.6. The zero-order valence-corrected chi connectivity index (χ0v) is 19.7. The number of amidine groups is 1. The summed E-state index contributed by atoms with van der Waals surface area (Å²) < 4.78 is 0. The second-order valence-electron chi connectivity index (χ2n) is 7.80. The molecule has 0 saturated carbocycles. The van der Waals surface area contributed by atoms with Crippen molar-refractivity contribution in [2.75, 3.05) is 6.54 Å². The Bertz CT molecular complexity index is 1190. The third kappa shape index (κ3) is 5.62. The predicted octanol–water partition coefficient (Wildman–Crippen LogP) is 5.50. The monoisotopic (exact) mass is 478 g/mol. The minimum absolute atomic E-state index is 0.155. The van der Waals surface area contributed by atoms with E-state index in [1.165, 1.54) is 5.56 Å². The van der Waals surface area contributed by atoms with Crippen molar-refractivity contribution in [3.63, 3.8) is 0 Å². The molecule has 4 rings (SSSR count). The summed E-state index contributed by atoms with van der Waals surface area (Å²) in [5.41, 5.74) is 4.17. The molecule has 0 fully saturated rings. The van der Waals surface area contributed by atoms with Crippen molar-refractivity contribution in [2.24, 2.45) is 4.99 Å². The van der Waals surface area contributed by atoms with Crippen LogP contribution >= 0.6 is 23.2 Å². The number of aliphatic imine (C=N–C) groups is 1. The number of halogens is 2. The quantitative estimate of drug-likeness (QED) is 0.440. The number of carbonyl (C=O) groups is 1. The molecule has 2 N–H and O–H groups in total. The summed E-state index contributed by atoms with van der Waals surface area (Å²) in [5, 5.41) is 7.21. The SMILES string of the molecule is CC1=C(C(=O)NCCCc2ccccc2)C(c2ccc(Cl)c(Cl)c2)N=C(c2cccnc2)N1. The van der Waals surface area contributed by atoms with Crippen LogP contribution < -0.4 is 10.6 Å². The van der Waals surface area contributed by atoms with Crippen molar-refractivity contribution < 1.29 is 4.79 Å². The summed E-state index contributed by atoms with van der Waals surface area (Å²) in [7, 11) is 0. The number of nitrogens with zero attached hydrogens (tertiary/aromatic N) is 2. The number of carbonyl (C=O) groups excluding carboxylic acids is 1. The van der Waals surface area contributed by atoms with E-state index < -0.39 is 6.04 Å². The van der Waals surface area contributed by atoms with Gasteiger partial charge in [0.15, 0.2) is 0 Å². The van der Waals surface area contributed by atoms with Crippen LogP contribution in [0.1, 0.15) is 36.1 Å². The Morgan fingerprint density at radius 3 is 2.61 bits per heavy atom. The molecule has 1 atom stereocenters. The predicted molar refractivity (Wildman–Crippen MR) is 134 cm³/mol. The number of aryl methyl sites for hydroxylation is 1. The van der Waals surface area contributed by atoms with Crippen molar-refractivity contribution in [1.82, 2.24) is 15.6 Å². The number of benzene rings is 2. The fourth-order valence-electron chi connectivity index (χ4n) is 3.78. The first-order chi connectivity index (χ1) is 16.0. The van der Waals surface area contributed by atoms with Crippen molar-refractivity contribution in [2.45, 2.75) is 25.8 Å². The maximum atomic E-state index is 13.2. The van der Waals surface area contributed by atoms with Crippen LogP contribution in [0.5, 0.6) is 0 Å². The Morgan fingerprint density at radius 2 is 1.88 bits per heavy atom. The molecule has 1 amide bonds. The number of hydrogen-bond acceptors (Lipinski definition) is 4. The van der Waals surface area contributed by atoms with Gasteiger partial charge < -0.3 is 10.6 Å². The molecule has 168 valence electrons. The van der Waals surface area contributed by atoms with E-state index in [-0.39, 0.29) is 5.91 Å². The molecule has 2 aromatic carbocycles. The highest BCUT2D eigenvalue weighted by Crippen LogP contribution is 2.34. The van der Waals surface area contributed by atoms with Gasteiger partial charge in [-0.25, -0.2) is 0 Å². The van der Waals surface area contributed by atoms with Gasteiger partial charge in [-0.15, -0.1) is 0 Å². The lowest BCUT2D eigenvalue weighted by atomic mass is 9.94. The van der Waals surface area contributed by atoms with E-state index in [4.69, 9.17) is 28.2 Å². The topological polar surface area (TPSA) is 66.4 Å². The van der Waals surface area contributed by atoms with Gasteiger partial charge >= 0.3 is 0 Å². The Balaban J connectivity index is 1.56. The average Bonchev–Trinajstić information content (AvgIpc) is 2.84. The van der Waals surface area contributed by atoms with Gasteiger partial charge in [-0.1, -0.05) is 59.6 Å². The van der Waals surface area contributed by atoms with E-state index in [2.05, 4.69) is 27.8 Å². The number of rotatable bonds is 7. The lowest BCUT2D eigenvalue weighted by molar-refractivity contribution is -0.117. The van der Waals surface area contributed by atoms with Crippen LogP contribution in [0.2, 0.25) is 10.0 Å². The van der Waals surface area contributed by atoms with E-state index in [1.807, 2.05) is 43.3 Å². The van der Waals surface area contributed by atoms with Gasteiger partial charge in [-0.3, -0.25) is 14.8 Å². The van der Waals surface area contributed by atoms with E-state index >= 15 is 0 Å².